The fraction of sp³-hybridized carbons (Fsp3) is 0.240. The highest BCUT2D eigenvalue weighted by molar-refractivity contribution is 5.89. The van der Waals surface area contributed by atoms with Gasteiger partial charge in [-0.25, -0.2) is 9.97 Å². The summed E-state index contributed by atoms with van der Waals surface area (Å²) < 4.78 is 0. The topological polar surface area (TPSA) is 67.6 Å². The number of quaternary nitrogens is 1. The number of pyridine rings is 1. The highest BCUT2D eigenvalue weighted by Crippen LogP contribution is 2.38. The third kappa shape index (κ3) is 4.29. The summed E-state index contributed by atoms with van der Waals surface area (Å²) in [5, 5.41) is 1.02. The number of halogens is 2. The Hall–Kier alpha value is -2.53. The molecule has 4 N–H and O–H groups in total. The van der Waals surface area contributed by atoms with Crippen LogP contribution in [0.25, 0.3) is 33.4 Å². The number of nitrogens with one attached hydrogen (secondary N) is 1. The molecule has 0 spiro atoms. The number of benzene rings is 2. The second-order valence-electron chi connectivity index (χ2n) is 8.08. The average Bonchev–Trinajstić information content (AvgIpc) is 2.77. The third-order valence-corrected chi connectivity index (χ3v) is 6.17. The molecule has 0 saturated heterocycles. The second-order valence-corrected chi connectivity index (χ2v) is 8.08. The Morgan fingerprint density at radius 1 is 0.935 bits per heavy atom. The van der Waals surface area contributed by atoms with Crippen LogP contribution in [0, 0.1) is 0 Å². The van der Waals surface area contributed by atoms with Crippen LogP contribution in [0.15, 0.2) is 66.9 Å². The maximum atomic E-state index is 5.01. The summed E-state index contributed by atoms with van der Waals surface area (Å²) in [5.74, 6) is 0.947. The lowest BCUT2D eigenvalue weighted by molar-refractivity contribution is -0.509. The average molecular weight is 453 g/mol. The van der Waals surface area contributed by atoms with Crippen molar-refractivity contribution in [1.82, 2.24) is 9.97 Å². The summed E-state index contributed by atoms with van der Waals surface area (Å²) in [5.41, 5.74) is 11.0. The van der Waals surface area contributed by atoms with Gasteiger partial charge in [-0.15, -0.1) is 0 Å². The van der Waals surface area contributed by atoms with Crippen LogP contribution in [0.3, 0.4) is 0 Å². The van der Waals surface area contributed by atoms with Crippen LogP contribution in [0.5, 0.6) is 0 Å². The molecule has 1 saturated carbocycles. The van der Waals surface area contributed by atoms with Gasteiger partial charge in [-0.3, -0.25) is 0 Å². The van der Waals surface area contributed by atoms with E-state index in [1.54, 1.807) is 0 Å². The fourth-order valence-electron chi connectivity index (χ4n) is 4.15. The molecule has 2 heterocycles. The van der Waals surface area contributed by atoms with Gasteiger partial charge >= 0.3 is 0 Å². The van der Waals surface area contributed by atoms with Gasteiger partial charge in [-0.1, -0.05) is 61.5 Å². The highest BCUT2D eigenvalue weighted by Gasteiger charge is 2.38. The first-order valence-electron chi connectivity index (χ1n) is 10.4. The molecule has 4 nitrogen and oxygen atoms in total. The first-order valence-corrected chi connectivity index (χ1v) is 10.4. The van der Waals surface area contributed by atoms with Gasteiger partial charge in [-0.2, -0.15) is 0 Å². The summed E-state index contributed by atoms with van der Waals surface area (Å²) in [6.07, 6.45) is 6.49. The van der Waals surface area contributed by atoms with Crippen molar-refractivity contribution < 1.29 is 35.5 Å². The lowest BCUT2D eigenvalue weighted by Crippen LogP contribution is -3.00. The molecule has 0 radical (unpaired) electrons. The smallest absolute Gasteiger partial charge is 0.298 e. The van der Waals surface area contributed by atoms with Crippen molar-refractivity contribution in [2.75, 3.05) is 0 Å². The summed E-state index contributed by atoms with van der Waals surface area (Å²) >= 11 is 0. The van der Waals surface area contributed by atoms with Crippen molar-refractivity contribution in [1.29, 1.82) is 0 Å². The maximum absolute atomic E-state index is 5.01. The van der Waals surface area contributed by atoms with Gasteiger partial charge in [0.2, 0.25) is 0 Å². The quantitative estimate of drug-likeness (QED) is 0.388. The largest absolute Gasteiger partial charge is 1.00 e. The lowest BCUT2D eigenvalue weighted by atomic mass is 9.72. The number of hydrogen-bond acceptors (Lipinski definition) is 2. The SMILES string of the molecule is CCc1nc2nc(-c3ccc(C4([NH3+])CCC4)cc3)c(-c3ccccc3)cc2c[nH+]1.[Cl-].[Cl-]. The van der Waals surface area contributed by atoms with E-state index in [4.69, 9.17) is 9.97 Å². The van der Waals surface area contributed by atoms with E-state index in [9.17, 15) is 0 Å². The Morgan fingerprint density at radius 3 is 2.26 bits per heavy atom. The van der Waals surface area contributed by atoms with E-state index in [1.807, 2.05) is 12.3 Å². The Labute approximate surface area is 195 Å². The Morgan fingerprint density at radius 2 is 1.65 bits per heavy atom. The van der Waals surface area contributed by atoms with Gasteiger partial charge in [-0.05, 0) is 23.0 Å². The van der Waals surface area contributed by atoms with Crippen LogP contribution in [-0.2, 0) is 12.0 Å². The molecule has 0 aliphatic heterocycles. The number of rotatable bonds is 4. The van der Waals surface area contributed by atoms with Crippen LogP contribution in [0.1, 0.15) is 37.6 Å². The van der Waals surface area contributed by atoms with Crippen molar-refractivity contribution in [2.24, 2.45) is 0 Å². The van der Waals surface area contributed by atoms with Crippen LogP contribution in [-0.4, -0.2) is 9.97 Å². The van der Waals surface area contributed by atoms with Gasteiger partial charge in [0, 0.05) is 29.5 Å². The molecule has 0 unspecified atom stereocenters. The van der Waals surface area contributed by atoms with Gasteiger partial charge < -0.3 is 30.5 Å². The third-order valence-electron chi connectivity index (χ3n) is 6.17. The Kier molecular flexibility index (Phi) is 6.95. The van der Waals surface area contributed by atoms with Crippen LogP contribution >= 0.6 is 0 Å². The van der Waals surface area contributed by atoms with Crippen LogP contribution < -0.4 is 35.5 Å². The van der Waals surface area contributed by atoms with E-state index in [0.717, 1.165) is 45.7 Å². The van der Waals surface area contributed by atoms with Gasteiger partial charge in [0.1, 0.15) is 11.7 Å². The Balaban J connectivity index is 0.00000136. The van der Waals surface area contributed by atoms with Crippen LogP contribution in [0.2, 0.25) is 0 Å². The number of H-pyrrole nitrogens is 1. The molecule has 6 heteroatoms. The first kappa shape index (κ1) is 23.1. The molecule has 31 heavy (non-hydrogen) atoms. The van der Waals surface area contributed by atoms with Crippen molar-refractivity contribution in [3.8, 4) is 22.4 Å². The summed E-state index contributed by atoms with van der Waals surface area (Å²) in [6.45, 7) is 2.09. The van der Waals surface area contributed by atoms with E-state index in [1.165, 1.54) is 24.8 Å². The minimum atomic E-state index is 0. The predicted octanol–water partition coefficient (Wildman–Crippen LogP) is -2.03. The lowest BCUT2D eigenvalue weighted by Gasteiger charge is -2.34. The number of aromatic nitrogens is 3. The molecule has 160 valence electrons. The zero-order chi connectivity index (χ0) is 19.8. The molecule has 2 aromatic heterocycles. The zero-order valence-corrected chi connectivity index (χ0v) is 19.0. The number of hydrogen-bond donors (Lipinski definition) is 1. The number of nitrogens with zero attached hydrogens (tertiary/aromatic N) is 2. The molecule has 5 rings (SSSR count). The minimum Gasteiger partial charge on any atom is -1.00 e. The van der Waals surface area contributed by atoms with E-state index < -0.39 is 0 Å². The normalized spacial score (nSPS) is 14.3. The zero-order valence-electron chi connectivity index (χ0n) is 17.5. The monoisotopic (exact) mass is 452 g/mol. The summed E-state index contributed by atoms with van der Waals surface area (Å²) in [6, 6.07) is 21.5. The molecule has 1 fully saturated rings. The standard InChI is InChI=1S/C25H24N4.2ClH/c1-2-22-27-16-19-15-21(17-7-4-3-5-8-17)23(29-24(19)28-22)18-9-11-20(12-10-18)25(26)13-6-14-25;;/h3-5,7-12,15-16H,2,6,13-14,26H2,1H3;2*1H. The second kappa shape index (κ2) is 9.31. The number of fused-ring (bicyclic) bond motifs is 1. The van der Waals surface area contributed by atoms with E-state index >= 15 is 0 Å². The Bertz CT molecular complexity index is 1170. The van der Waals surface area contributed by atoms with Crippen molar-refractivity contribution in [3.05, 3.63) is 78.2 Å². The molecular formula is C25H26Cl2N4. The number of aryl methyl sites for hydroxylation is 1. The maximum Gasteiger partial charge on any atom is 0.298 e. The van der Waals surface area contributed by atoms with Gasteiger partial charge in [0.05, 0.1) is 17.5 Å². The molecule has 1 aliphatic carbocycles. The van der Waals surface area contributed by atoms with Crippen molar-refractivity contribution in [3.63, 3.8) is 0 Å². The summed E-state index contributed by atoms with van der Waals surface area (Å²) in [4.78, 5) is 13.0. The highest BCUT2D eigenvalue weighted by atomic mass is 35.5. The molecule has 0 amide bonds. The van der Waals surface area contributed by atoms with Crippen molar-refractivity contribution in [2.45, 2.75) is 38.1 Å². The fourth-order valence-corrected chi connectivity index (χ4v) is 4.15. The van der Waals surface area contributed by atoms with Gasteiger partial charge in [0.25, 0.3) is 11.5 Å². The predicted molar refractivity (Wildman–Crippen MR) is 115 cm³/mol. The molecule has 0 atom stereocenters. The molecule has 2 aromatic carbocycles. The van der Waals surface area contributed by atoms with E-state index in [-0.39, 0.29) is 30.4 Å². The molecular weight excluding hydrogens is 427 g/mol. The van der Waals surface area contributed by atoms with Crippen molar-refractivity contribution >= 4 is 11.0 Å². The molecule has 4 aromatic rings. The molecule has 1 aliphatic rings. The van der Waals surface area contributed by atoms with E-state index in [2.05, 4.69) is 72.2 Å². The minimum absolute atomic E-state index is 0. The van der Waals surface area contributed by atoms with Crippen LogP contribution in [0.4, 0.5) is 0 Å². The first-order chi connectivity index (χ1) is 14.2. The van der Waals surface area contributed by atoms with Gasteiger partial charge in [0.15, 0.2) is 0 Å². The number of aromatic amines is 1. The molecule has 0 bridgehead atoms. The summed E-state index contributed by atoms with van der Waals surface area (Å²) in [7, 11) is 0. The van der Waals surface area contributed by atoms with E-state index in [0.29, 0.717) is 0 Å².